The van der Waals surface area contributed by atoms with Crippen LogP contribution in [0.25, 0.3) is 0 Å². The fraction of sp³-hybridized carbons (Fsp3) is 0.600. The van der Waals surface area contributed by atoms with Crippen LogP contribution in [0, 0.1) is 11.8 Å². The third-order valence-electron chi connectivity index (χ3n) is 5.88. The zero-order chi connectivity index (χ0) is 17.4. The molecule has 4 nitrogen and oxygen atoms in total. The van der Waals surface area contributed by atoms with Gasteiger partial charge in [0.25, 0.3) is 0 Å². The molecule has 0 radical (unpaired) electrons. The maximum Gasteiger partial charge on any atom is 0.226 e. The Hall–Kier alpha value is -1.55. The van der Waals surface area contributed by atoms with Crippen molar-refractivity contribution in [3.63, 3.8) is 0 Å². The van der Waals surface area contributed by atoms with Crippen molar-refractivity contribution in [2.24, 2.45) is 11.8 Å². The summed E-state index contributed by atoms with van der Waals surface area (Å²) in [6.07, 6.45) is 5.69. The number of benzene rings is 1. The minimum atomic E-state index is 0.0475. The SMILES string of the molecule is O=C(C1CC1)N1CCC(C(=O)N2CCC[C@H]2c2ccccc2Cl)CC1. The lowest BCUT2D eigenvalue weighted by Crippen LogP contribution is -2.44. The summed E-state index contributed by atoms with van der Waals surface area (Å²) < 4.78 is 0. The maximum atomic E-state index is 13.1. The van der Waals surface area contributed by atoms with E-state index in [1.807, 2.05) is 34.1 Å². The number of likely N-dealkylation sites (tertiary alicyclic amines) is 2. The van der Waals surface area contributed by atoms with Crippen LogP contribution in [0.2, 0.25) is 5.02 Å². The summed E-state index contributed by atoms with van der Waals surface area (Å²) >= 11 is 6.37. The van der Waals surface area contributed by atoms with E-state index in [1.54, 1.807) is 0 Å². The summed E-state index contributed by atoms with van der Waals surface area (Å²) in [6, 6.07) is 7.96. The van der Waals surface area contributed by atoms with Gasteiger partial charge >= 0.3 is 0 Å². The van der Waals surface area contributed by atoms with Crippen molar-refractivity contribution in [3.8, 4) is 0 Å². The highest BCUT2D eigenvalue weighted by Crippen LogP contribution is 2.38. The molecule has 1 saturated carbocycles. The van der Waals surface area contributed by atoms with Gasteiger partial charge in [-0.05, 0) is 50.2 Å². The Morgan fingerprint density at radius 1 is 0.880 bits per heavy atom. The molecule has 0 N–H and O–H groups in total. The Balaban J connectivity index is 1.40. The predicted octanol–water partition coefficient (Wildman–Crippen LogP) is 3.65. The standard InChI is InChI=1S/C20H25ClN2O2/c21-17-5-2-1-4-16(17)18-6-3-11-23(18)20(25)15-9-12-22(13-10-15)19(24)14-7-8-14/h1-2,4-5,14-15,18H,3,6-13H2/t18-/m0/s1. The zero-order valence-electron chi connectivity index (χ0n) is 14.5. The highest BCUT2D eigenvalue weighted by molar-refractivity contribution is 6.31. The van der Waals surface area contributed by atoms with Crippen LogP contribution in [0.15, 0.2) is 24.3 Å². The molecule has 0 bridgehead atoms. The fourth-order valence-corrected chi connectivity index (χ4v) is 4.53. The second kappa shape index (κ2) is 6.99. The van der Waals surface area contributed by atoms with E-state index in [4.69, 9.17) is 11.6 Å². The second-order valence-corrected chi connectivity index (χ2v) is 7.99. The first-order valence-electron chi connectivity index (χ1n) is 9.49. The molecule has 3 aliphatic rings. The maximum absolute atomic E-state index is 13.1. The molecule has 4 rings (SSSR count). The van der Waals surface area contributed by atoms with Crippen molar-refractivity contribution in [3.05, 3.63) is 34.9 Å². The predicted molar refractivity (Wildman–Crippen MR) is 97.2 cm³/mol. The first-order chi connectivity index (χ1) is 12.1. The molecule has 0 spiro atoms. The van der Waals surface area contributed by atoms with E-state index in [0.717, 1.165) is 68.7 Å². The first kappa shape index (κ1) is 16.9. The molecule has 2 heterocycles. The zero-order valence-corrected chi connectivity index (χ0v) is 15.3. The van der Waals surface area contributed by atoms with Gasteiger partial charge in [0.15, 0.2) is 0 Å². The number of piperidine rings is 1. The van der Waals surface area contributed by atoms with Gasteiger partial charge in [0.2, 0.25) is 11.8 Å². The lowest BCUT2D eigenvalue weighted by Gasteiger charge is -2.35. The molecule has 0 unspecified atom stereocenters. The number of hydrogen-bond donors (Lipinski definition) is 0. The molecule has 1 aliphatic carbocycles. The number of carbonyl (C=O) groups is 2. The van der Waals surface area contributed by atoms with Gasteiger partial charge in [-0.1, -0.05) is 29.8 Å². The van der Waals surface area contributed by atoms with Crippen molar-refractivity contribution >= 4 is 23.4 Å². The van der Waals surface area contributed by atoms with Gasteiger partial charge in [0, 0.05) is 36.5 Å². The van der Waals surface area contributed by atoms with Gasteiger partial charge in [0.05, 0.1) is 6.04 Å². The molecule has 134 valence electrons. The Bertz CT molecular complexity index is 665. The Kier molecular flexibility index (Phi) is 4.72. The molecular formula is C20H25ClN2O2. The molecule has 1 aromatic carbocycles. The largest absolute Gasteiger partial charge is 0.342 e. The molecule has 1 atom stereocenters. The number of nitrogens with zero attached hydrogens (tertiary/aromatic N) is 2. The van der Waals surface area contributed by atoms with Crippen LogP contribution >= 0.6 is 11.6 Å². The monoisotopic (exact) mass is 360 g/mol. The summed E-state index contributed by atoms with van der Waals surface area (Å²) in [6.45, 7) is 2.28. The van der Waals surface area contributed by atoms with E-state index in [2.05, 4.69) is 0 Å². The fourth-order valence-electron chi connectivity index (χ4n) is 4.27. The van der Waals surface area contributed by atoms with Crippen LogP contribution in [0.4, 0.5) is 0 Å². The Morgan fingerprint density at radius 3 is 2.24 bits per heavy atom. The molecule has 25 heavy (non-hydrogen) atoms. The molecule has 2 amide bonds. The second-order valence-electron chi connectivity index (χ2n) is 7.59. The van der Waals surface area contributed by atoms with Gasteiger partial charge in [0.1, 0.15) is 0 Å². The quantitative estimate of drug-likeness (QED) is 0.825. The molecule has 2 saturated heterocycles. The normalized spacial score (nSPS) is 24.6. The third-order valence-corrected chi connectivity index (χ3v) is 6.23. The average Bonchev–Trinajstić information content (AvgIpc) is 3.38. The summed E-state index contributed by atoms with van der Waals surface area (Å²) in [7, 11) is 0. The molecule has 5 heteroatoms. The van der Waals surface area contributed by atoms with Gasteiger partial charge in [-0.2, -0.15) is 0 Å². The van der Waals surface area contributed by atoms with E-state index >= 15 is 0 Å². The Labute approximate surface area is 154 Å². The van der Waals surface area contributed by atoms with Crippen LogP contribution in [-0.4, -0.2) is 41.2 Å². The van der Waals surface area contributed by atoms with Gasteiger partial charge in [-0.15, -0.1) is 0 Å². The highest BCUT2D eigenvalue weighted by Gasteiger charge is 2.39. The number of carbonyl (C=O) groups excluding carboxylic acids is 2. The number of halogens is 1. The van der Waals surface area contributed by atoms with Crippen LogP contribution in [0.3, 0.4) is 0 Å². The van der Waals surface area contributed by atoms with E-state index in [0.29, 0.717) is 5.91 Å². The van der Waals surface area contributed by atoms with Crippen LogP contribution < -0.4 is 0 Å². The molecule has 2 aliphatic heterocycles. The van der Waals surface area contributed by atoms with E-state index in [1.165, 1.54) is 0 Å². The average molecular weight is 361 g/mol. The minimum Gasteiger partial charge on any atom is -0.342 e. The molecular weight excluding hydrogens is 336 g/mol. The lowest BCUT2D eigenvalue weighted by molar-refractivity contribution is -0.142. The number of amides is 2. The minimum absolute atomic E-state index is 0.0475. The summed E-state index contributed by atoms with van der Waals surface area (Å²) in [5.41, 5.74) is 1.07. The van der Waals surface area contributed by atoms with Crippen LogP contribution in [0.5, 0.6) is 0 Å². The van der Waals surface area contributed by atoms with Crippen molar-refractivity contribution in [2.75, 3.05) is 19.6 Å². The summed E-state index contributed by atoms with van der Waals surface area (Å²) in [5, 5.41) is 0.747. The summed E-state index contributed by atoms with van der Waals surface area (Å²) in [4.78, 5) is 29.3. The molecule has 0 aromatic heterocycles. The van der Waals surface area contributed by atoms with Crippen molar-refractivity contribution in [1.82, 2.24) is 9.80 Å². The number of rotatable bonds is 3. The van der Waals surface area contributed by atoms with Crippen molar-refractivity contribution in [1.29, 1.82) is 0 Å². The lowest BCUT2D eigenvalue weighted by atomic mass is 9.94. The smallest absolute Gasteiger partial charge is 0.226 e. The first-order valence-corrected chi connectivity index (χ1v) is 9.86. The van der Waals surface area contributed by atoms with Gasteiger partial charge in [-0.3, -0.25) is 9.59 Å². The van der Waals surface area contributed by atoms with Crippen molar-refractivity contribution in [2.45, 2.75) is 44.6 Å². The highest BCUT2D eigenvalue weighted by atomic mass is 35.5. The van der Waals surface area contributed by atoms with Crippen LogP contribution in [0.1, 0.15) is 50.1 Å². The van der Waals surface area contributed by atoms with E-state index in [9.17, 15) is 9.59 Å². The van der Waals surface area contributed by atoms with E-state index < -0.39 is 0 Å². The molecule has 3 fully saturated rings. The van der Waals surface area contributed by atoms with Gasteiger partial charge in [-0.25, -0.2) is 0 Å². The Morgan fingerprint density at radius 2 is 1.56 bits per heavy atom. The topological polar surface area (TPSA) is 40.6 Å². The molecule has 1 aromatic rings. The van der Waals surface area contributed by atoms with Crippen LogP contribution in [-0.2, 0) is 9.59 Å². The third kappa shape index (κ3) is 3.41. The summed E-state index contributed by atoms with van der Waals surface area (Å²) in [5.74, 6) is 0.878. The van der Waals surface area contributed by atoms with Gasteiger partial charge < -0.3 is 9.80 Å². The van der Waals surface area contributed by atoms with E-state index in [-0.39, 0.29) is 23.8 Å². The van der Waals surface area contributed by atoms with Crippen molar-refractivity contribution < 1.29 is 9.59 Å². The number of hydrogen-bond acceptors (Lipinski definition) is 2.